The summed E-state index contributed by atoms with van der Waals surface area (Å²) in [6.45, 7) is 2.14. The third kappa shape index (κ3) is 5.22. The third-order valence-electron chi connectivity index (χ3n) is 4.46. The number of aromatic nitrogens is 1. The molecule has 0 spiro atoms. The van der Waals surface area contributed by atoms with Gasteiger partial charge in [-0.3, -0.25) is 4.98 Å². The van der Waals surface area contributed by atoms with E-state index in [4.69, 9.17) is 16.3 Å². The molecule has 3 nitrogen and oxygen atoms in total. The number of pyridine rings is 1. The van der Waals surface area contributed by atoms with Gasteiger partial charge in [-0.15, -0.1) is 0 Å². The van der Waals surface area contributed by atoms with Crippen LogP contribution in [0.1, 0.15) is 42.6 Å². The van der Waals surface area contributed by atoms with Crippen molar-refractivity contribution in [2.75, 3.05) is 0 Å². The molecule has 3 rings (SSSR count). The van der Waals surface area contributed by atoms with E-state index in [2.05, 4.69) is 11.9 Å². The van der Waals surface area contributed by atoms with E-state index >= 15 is 0 Å². The molecule has 1 unspecified atom stereocenters. The molecule has 0 aliphatic heterocycles. The molecule has 3 aromatic rings. The number of unbranched alkanes of at least 4 members (excludes halogenated alkanes) is 1. The van der Waals surface area contributed by atoms with Gasteiger partial charge in [0.1, 0.15) is 17.6 Å². The van der Waals surface area contributed by atoms with Crippen LogP contribution in [0.2, 0.25) is 5.02 Å². The van der Waals surface area contributed by atoms with Gasteiger partial charge in [0.15, 0.2) is 0 Å². The topological polar surface area (TPSA) is 42.4 Å². The van der Waals surface area contributed by atoms with E-state index in [1.54, 1.807) is 12.4 Å². The van der Waals surface area contributed by atoms with Crippen molar-refractivity contribution in [1.29, 1.82) is 0 Å². The van der Waals surface area contributed by atoms with E-state index < -0.39 is 6.10 Å². The summed E-state index contributed by atoms with van der Waals surface area (Å²) in [5, 5.41) is 11.7. The Balaban J connectivity index is 1.99. The maximum Gasteiger partial charge on any atom is 0.138 e. The van der Waals surface area contributed by atoms with Crippen LogP contribution in [0.3, 0.4) is 0 Å². The first-order valence-corrected chi connectivity index (χ1v) is 9.86. The molecule has 28 heavy (non-hydrogen) atoms. The predicted molar refractivity (Wildman–Crippen MR) is 114 cm³/mol. The van der Waals surface area contributed by atoms with Gasteiger partial charge in [-0.1, -0.05) is 67.4 Å². The first-order chi connectivity index (χ1) is 13.7. The van der Waals surface area contributed by atoms with Crippen LogP contribution in [-0.4, -0.2) is 10.1 Å². The Labute approximate surface area is 171 Å². The lowest BCUT2D eigenvalue weighted by Gasteiger charge is -2.19. The van der Waals surface area contributed by atoms with E-state index in [1.165, 1.54) is 0 Å². The average Bonchev–Trinajstić information content (AvgIpc) is 2.74. The largest absolute Gasteiger partial charge is 0.458 e. The first-order valence-electron chi connectivity index (χ1n) is 9.49. The van der Waals surface area contributed by atoms with E-state index in [-0.39, 0.29) is 0 Å². The highest BCUT2D eigenvalue weighted by Crippen LogP contribution is 2.33. The van der Waals surface area contributed by atoms with Gasteiger partial charge in [0.25, 0.3) is 0 Å². The number of hydrogen-bond donors (Lipinski definition) is 1. The molecule has 1 aromatic heterocycles. The molecule has 1 atom stereocenters. The molecular weight excluding hydrogens is 370 g/mol. The van der Waals surface area contributed by atoms with Crippen LogP contribution in [-0.2, 0) is 6.42 Å². The predicted octanol–water partition coefficient (Wildman–Crippen LogP) is 6.23. The number of rotatable bonds is 8. The number of ether oxygens (including phenoxy) is 1. The summed E-state index contributed by atoms with van der Waals surface area (Å²) in [5.74, 6) is 1.10. The zero-order chi connectivity index (χ0) is 19.8. The Morgan fingerprint density at radius 2 is 1.93 bits per heavy atom. The Morgan fingerprint density at radius 3 is 2.64 bits per heavy atom. The second-order valence-corrected chi connectivity index (χ2v) is 6.98. The molecule has 0 aliphatic rings. The summed E-state index contributed by atoms with van der Waals surface area (Å²) in [5.41, 5.74) is 2.57. The number of aliphatic hydroxyl groups is 1. The van der Waals surface area contributed by atoms with Crippen molar-refractivity contribution >= 4 is 17.7 Å². The normalized spacial score (nSPS) is 12.6. The zero-order valence-electron chi connectivity index (χ0n) is 15.9. The second kappa shape index (κ2) is 10.1. The Bertz CT molecular complexity index is 910. The average molecular weight is 394 g/mol. The SMILES string of the molecule is CCCCc1c(Cl)cccc1O/C(=C/c1cccnc1)C(O)c1ccccc1. The summed E-state index contributed by atoms with van der Waals surface area (Å²) in [6, 6.07) is 18.9. The molecule has 2 aromatic carbocycles. The van der Waals surface area contributed by atoms with E-state index in [0.29, 0.717) is 16.5 Å². The highest BCUT2D eigenvalue weighted by molar-refractivity contribution is 6.31. The lowest BCUT2D eigenvalue weighted by molar-refractivity contribution is 0.165. The van der Waals surface area contributed by atoms with Crippen molar-refractivity contribution in [2.45, 2.75) is 32.3 Å². The van der Waals surface area contributed by atoms with Gasteiger partial charge < -0.3 is 9.84 Å². The number of benzene rings is 2. The number of halogens is 1. The van der Waals surface area contributed by atoms with Crippen molar-refractivity contribution in [3.8, 4) is 5.75 Å². The van der Waals surface area contributed by atoms with Crippen LogP contribution in [0.15, 0.2) is 78.8 Å². The van der Waals surface area contributed by atoms with Crippen molar-refractivity contribution in [3.63, 3.8) is 0 Å². The van der Waals surface area contributed by atoms with Crippen LogP contribution in [0, 0.1) is 0 Å². The molecule has 0 aliphatic carbocycles. The van der Waals surface area contributed by atoms with Crippen molar-refractivity contribution in [1.82, 2.24) is 4.98 Å². The molecule has 0 saturated carbocycles. The maximum atomic E-state index is 11.0. The molecule has 0 radical (unpaired) electrons. The van der Waals surface area contributed by atoms with Crippen LogP contribution < -0.4 is 4.74 Å². The molecule has 1 N–H and O–H groups in total. The molecule has 4 heteroatoms. The highest BCUT2D eigenvalue weighted by Gasteiger charge is 2.18. The second-order valence-electron chi connectivity index (χ2n) is 6.57. The minimum absolute atomic E-state index is 0.430. The van der Waals surface area contributed by atoms with Crippen LogP contribution in [0.5, 0.6) is 5.75 Å². The molecule has 0 fully saturated rings. The van der Waals surface area contributed by atoms with Crippen LogP contribution >= 0.6 is 11.6 Å². The Morgan fingerprint density at radius 1 is 1.11 bits per heavy atom. The van der Waals surface area contributed by atoms with Crippen LogP contribution in [0.4, 0.5) is 0 Å². The van der Waals surface area contributed by atoms with Gasteiger partial charge >= 0.3 is 0 Å². The van der Waals surface area contributed by atoms with E-state index in [0.717, 1.165) is 36.0 Å². The molecular formula is C24H24ClNO2. The molecule has 144 valence electrons. The van der Waals surface area contributed by atoms with Crippen molar-refractivity contribution < 1.29 is 9.84 Å². The van der Waals surface area contributed by atoms with Crippen molar-refractivity contribution in [3.05, 3.63) is 101 Å². The fraction of sp³-hybridized carbons (Fsp3) is 0.208. The fourth-order valence-corrected chi connectivity index (χ4v) is 3.21. The Kier molecular flexibility index (Phi) is 7.24. The van der Waals surface area contributed by atoms with Crippen LogP contribution in [0.25, 0.3) is 6.08 Å². The number of hydrogen-bond acceptors (Lipinski definition) is 3. The van der Waals surface area contributed by atoms with Crippen molar-refractivity contribution in [2.24, 2.45) is 0 Å². The maximum absolute atomic E-state index is 11.0. The number of nitrogens with zero attached hydrogens (tertiary/aromatic N) is 1. The first kappa shape index (κ1) is 20.1. The molecule has 0 saturated heterocycles. The minimum Gasteiger partial charge on any atom is -0.458 e. The Hall–Kier alpha value is -2.62. The lowest BCUT2D eigenvalue weighted by atomic mass is 10.1. The summed E-state index contributed by atoms with van der Waals surface area (Å²) in [6.07, 6.45) is 7.27. The lowest BCUT2D eigenvalue weighted by Crippen LogP contribution is -2.09. The van der Waals surface area contributed by atoms with Gasteiger partial charge in [0, 0.05) is 23.0 Å². The summed E-state index contributed by atoms with van der Waals surface area (Å²) < 4.78 is 6.24. The molecule has 0 bridgehead atoms. The van der Waals surface area contributed by atoms with Gasteiger partial charge in [-0.25, -0.2) is 0 Å². The summed E-state index contributed by atoms with van der Waals surface area (Å²) >= 11 is 6.43. The smallest absolute Gasteiger partial charge is 0.138 e. The monoisotopic (exact) mass is 393 g/mol. The van der Waals surface area contributed by atoms with Gasteiger partial charge in [0.05, 0.1) is 0 Å². The van der Waals surface area contributed by atoms with Gasteiger partial charge in [-0.05, 0) is 48.2 Å². The van der Waals surface area contributed by atoms with E-state index in [9.17, 15) is 5.11 Å². The third-order valence-corrected chi connectivity index (χ3v) is 4.82. The highest BCUT2D eigenvalue weighted by atomic mass is 35.5. The summed E-state index contributed by atoms with van der Waals surface area (Å²) in [7, 11) is 0. The minimum atomic E-state index is -0.903. The summed E-state index contributed by atoms with van der Waals surface area (Å²) in [4.78, 5) is 4.15. The van der Waals surface area contributed by atoms with Gasteiger partial charge in [0.2, 0.25) is 0 Å². The molecule has 0 amide bonds. The van der Waals surface area contributed by atoms with E-state index in [1.807, 2.05) is 66.7 Å². The zero-order valence-corrected chi connectivity index (χ0v) is 16.6. The fourth-order valence-electron chi connectivity index (χ4n) is 2.95. The van der Waals surface area contributed by atoms with Gasteiger partial charge in [-0.2, -0.15) is 0 Å². The number of aliphatic hydroxyl groups excluding tert-OH is 1. The molecule has 1 heterocycles. The quantitative estimate of drug-likeness (QED) is 0.461. The standard InChI is InChI=1S/C24H24ClNO2/c1-2-3-12-20-21(25)13-7-14-22(20)28-23(16-18-9-8-15-26-17-18)24(27)19-10-5-4-6-11-19/h4-11,13-17,24,27H,2-3,12H2,1H3/b23-16+.